The largest absolute Gasteiger partial charge is 0.457 e. The van der Waals surface area contributed by atoms with Crippen LogP contribution in [0.5, 0.6) is 0 Å². The molecule has 6 nitrogen and oxygen atoms in total. The van der Waals surface area contributed by atoms with E-state index in [9.17, 15) is 14.7 Å². The minimum absolute atomic E-state index is 0.122. The summed E-state index contributed by atoms with van der Waals surface area (Å²) in [7, 11) is 0. The van der Waals surface area contributed by atoms with Crippen LogP contribution in [0.15, 0.2) is 36.4 Å². The number of carbonyl (C=O) groups excluding carboxylic acids is 2. The average Bonchev–Trinajstić information content (AvgIpc) is 3.28. The molecule has 31 heavy (non-hydrogen) atoms. The maximum absolute atomic E-state index is 12.8. The number of fused-ring (bicyclic) bond motifs is 4. The molecule has 2 aliphatic heterocycles. The van der Waals surface area contributed by atoms with Crippen molar-refractivity contribution in [2.45, 2.75) is 69.9 Å². The Morgan fingerprint density at radius 2 is 1.97 bits per heavy atom. The lowest BCUT2D eigenvalue weighted by Crippen LogP contribution is -2.60. The molecule has 1 aliphatic carbocycles. The van der Waals surface area contributed by atoms with Crippen LogP contribution >= 0.6 is 0 Å². The Morgan fingerprint density at radius 3 is 2.65 bits per heavy atom. The van der Waals surface area contributed by atoms with Gasteiger partial charge in [0.15, 0.2) is 0 Å². The fraction of sp³-hybridized carbons (Fsp3) is 0.600. The fourth-order valence-corrected chi connectivity index (χ4v) is 6.15. The molecule has 1 saturated carbocycles. The van der Waals surface area contributed by atoms with E-state index >= 15 is 0 Å². The zero-order chi connectivity index (χ0) is 22.2. The van der Waals surface area contributed by atoms with Crippen molar-refractivity contribution in [3.8, 4) is 0 Å². The number of rotatable bonds is 6. The third-order valence-electron chi connectivity index (χ3n) is 7.71. The SMILES string of the molecule is CC[C@@]12C[C@@H](OC(=O)CO)[C@@](C)(O1)C1CC[C@@H](C)[C@H]1[C@@H]2OC(=O)/C=C/c1ccccc1. The van der Waals surface area contributed by atoms with Gasteiger partial charge in [-0.1, -0.05) is 44.2 Å². The topological polar surface area (TPSA) is 82.1 Å². The van der Waals surface area contributed by atoms with Crippen LogP contribution in [-0.4, -0.2) is 47.1 Å². The van der Waals surface area contributed by atoms with Crippen molar-refractivity contribution >= 4 is 18.0 Å². The van der Waals surface area contributed by atoms with Gasteiger partial charge in [0.05, 0.1) is 0 Å². The summed E-state index contributed by atoms with van der Waals surface area (Å²) in [6, 6.07) is 9.63. The highest BCUT2D eigenvalue weighted by atomic mass is 16.6. The first-order valence-corrected chi connectivity index (χ1v) is 11.3. The van der Waals surface area contributed by atoms with Crippen molar-refractivity contribution < 1.29 is 28.9 Å². The van der Waals surface area contributed by atoms with Gasteiger partial charge in [-0.3, -0.25) is 0 Å². The molecular weight excluding hydrogens is 396 g/mol. The number of benzene rings is 1. The van der Waals surface area contributed by atoms with E-state index in [1.807, 2.05) is 44.2 Å². The number of hydrogen-bond acceptors (Lipinski definition) is 6. The quantitative estimate of drug-likeness (QED) is 0.552. The molecule has 1 aromatic carbocycles. The van der Waals surface area contributed by atoms with Crippen LogP contribution < -0.4 is 0 Å². The van der Waals surface area contributed by atoms with Crippen molar-refractivity contribution in [1.29, 1.82) is 0 Å². The van der Waals surface area contributed by atoms with Crippen LogP contribution in [0.4, 0.5) is 0 Å². The van der Waals surface area contributed by atoms with Crippen molar-refractivity contribution in [2.75, 3.05) is 6.61 Å². The highest BCUT2D eigenvalue weighted by Crippen LogP contribution is 2.62. The van der Waals surface area contributed by atoms with E-state index in [2.05, 4.69) is 6.92 Å². The third kappa shape index (κ3) is 3.80. The Labute approximate surface area is 183 Å². The van der Waals surface area contributed by atoms with Crippen LogP contribution in [0.2, 0.25) is 0 Å². The third-order valence-corrected chi connectivity index (χ3v) is 7.71. The number of ether oxygens (including phenoxy) is 3. The minimum atomic E-state index is -0.703. The van der Waals surface area contributed by atoms with Crippen LogP contribution in [0.1, 0.15) is 52.0 Å². The molecule has 3 fully saturated rings. The van der Waals surface area contributed by atoms with E-state index in [4.69, 9.17) is 14.2 Å². The van der Waals surface area contributed by atoms with Crippen molar-refractivity contribution in [3.63, 3.8) is 0 Å². The second-order valence-electron chi connectivity index (χ2n) is 9.38. The fourth-order valence-electron chi connectivity index (χ4n) is 6.15. The van der Waals surface area contributed by atoms with E-state index in [-0.39, 0.29) is 17.8 Å². The number of hydrogen-bond donors (Lipinski definition) is 1. The molecule has 168 valence electrons. The lowest BCUT2D eigenvalue weighted by atomic mass is 9.71. The minimum Gasteiger partial charge on any atom is -0.457 e. The van der Waals surface area contributed by atoms with Gasteiger partial charge in [0.2, 0.25) is 0 Å². The molecule has 6 heteroatoms. The molecule has 0 spiro atoms. The molecule has 2 bridgehead atoms. The summed E-state index contributed by atoms with van der Waals surface area (Å²) in [5, 5.41) is 9.20. The molecule has 7 atom stereocenters. The smallest absolute Gasteiger partial charge is 0.332 e. The summed E-state index contributed by atoms with van der Waals surface area (Å²) in [4.78, 5) is 24.7. The summed E-state index contributed by atoms with van der Waals surface area (Å²) in [5.74, 6) is -0.386. The van der Waals surface area contributed by atoms with Gasteiger partial charge >= 0.3 is 11.9 Å². The van der Waals surface area contributed by atoms with E-state index in [0.29, 0.717) is 18.8 Å². The van der Waals surface area contributed by atoms with E-state index in [0.717, 1.165) is 18.4 Å². The number of carbonyl (C=O) groups is 2. The molecule has 3 aliphatic rings. The molecule has 0 aromatic heterocycles. The van der Waals surface area contributed by atoms with Gasteiger partial charge in [-0.2, -0.15) is 0 Å². The molecule has 2 saturated heterocycles. The Bertz CT molecular complexity index is 851. The molecule has 4 rings (SSSR count). The summed E-state index contributed by atoms with van der Waals surface area (Å²) >= 11 is 0. The van der Waals surface area contributed by atoms with Gasteiger partial charge in [-0.25, -0.2) is 9.59 Å². The predicted molar refractivity (Wildman–Crippen MR) is 115 cm³/mol. The number of esters is 2. The lowest BCUT2D eigenvalue weighted by Gasteiger charge is -2.51. The van der Waals surface area contributed by atoms with Gasteiger partial charge < -0.3 is 19.3 Å². The molecule has 0 amide bonds. The molecule has 1 unspecified atom stereocenters. The summed E-state index contributed by atoms with van der Waals surface area (Å²) in [6.07, 6.45) is 5.42. The first kappa shape index (κ1) is 22.0. The van der Waals surface area contributed by atoms with E-state index in [1.165, 1.54) is 6.08 Å². The van der Waals surface area contributed by atoms with Gasteiger partial charge in [0, 0.05) is 18.4 Å². The van der Waals surface area contributed by atoms with Crippen LogP contribution in [0.25, 0.3) is 6.08 Å². The standard InChI is InChI=1S/C25H32O6/c1-4-25-14-19(29-21(28)15-26)24(3,31-25)18-12-10-16(2)22(18)23(25)30-20(27)13-11-17-8-6-5-7-9-17/h5-9,11,13,16,18-19,22-23,26H,4,10,12,14-15H2,1-3H3/b13-11+/t16-,18?,19-,22-,23+,24+,25+/m1/s1. The molecule has 1 N–H and O–H groups in total. The Morgan fingerprint density at radius 1 is 1.23 bits per heavy atom. The number of aliphatic hydroxyl groups is 1. The van der Waals surface area contributed by atoms with E-state index in [1.54, 1.807) is 6.08 Å². The summed E-state index contributed by atoms with van der Waals surface area (Å²) in [5.41, 5.74) is -0.411. The second-order valence-corrected chi connectivity index (χ2v) is 9.38. The Kier molecular flexibility index (Phi) is 5.97. The van der Waals surface area contributed by atoms with Gasteiger partial charge in [-0.05, 0) is 49.7 Å². The number of aliphatic hydroxyl groups excluding tert-OH is 1. The maximum Gasteiger partial charge on any atom is 0.332 e. The first-order valence-electron chi connectivity index (χ1n) is 11.3. The molecule has 1 aromatic rings. The predicted octanol–water partition coefficient (Wildman–Crippen LogP) is 3.52. The zero-order valence-corrected chi connectivity index (χ0v) is 18.5. The Balaban J connectivity index is 1.61. The average molecular weight is 429 g/mol. The first-order chi connectivity index (χ1) is 14.8. The maximum atomic E-state index is 12.8. The van der Waals surface area contributed by atoms with Crippen molar-refractivity contribution in [1.82, 2.24) is 0 Å². The molecule has 0 radical (unpaired) electrons. The van der Waals surface area contributed by atoms with Gasteiger partial charge in [0.25, 0.3) is 0 Å². The highest BCUT2D eigenvalue weighted by Gasteiger charge is 2.70. The molecular formula is C25H32O6. The second kappa shape index (κ2) is 8.40. The van der Waals surface area contributed by atoms with Gasteiger partial charge in [-0.15, -0.1) is 0 Å². The van der Waals surface area contributed by atoms with Gasteiger partial charge in [0.1, 0.15) is 30.0 Å². The van der Waals surface area contributed by atoms with Crippen molar-refractivity contribution in [3.05, 3.63) is 42.0 Å². The van der Waals surface area contributed by atoms with Crippen LogP contribution in [0.3, 0.4) is 0 Å². The van der Waals surface area contributed by atoms with Crippen LogP contribution in [0, 0.1) is 17.8 Å². The summed E-state index contributed by atoms with van der Waals surface area (Å²) < 4.78 is 18.4. The van der Waals surface area contributed by atoms with Crippen LogP contribution in [-0.2, 0) is 23.8 Å². The lowest BCUT2D eigenvalue weighted by molar-refractivity contribution is -0.253. The summed E-state index contributed by atoms with van der Waals surface area (Å²) in [6.45, 7) is 5.59. The van der Waals surface area contributed by atoms with Crippen molar-refractivity contribution in [2.24, 2.45) is 17.8 Å². The van der Waals surface area contributed by atoms with E-state index < -0.39 is 36.0 Å². The highest BCUT2D eigenvalue weighted by molar-refractivity contribution is 5.87. The normalized spacial score (nSPS) is 38.8. The zero-order valence-electron chi connectivity index (χ0n) is 18.5. The molecule has 2 heterocycles. The Hall–Kier alpha value is -2.18. The monoisotopic (exact) mass is 428 g/mol.